The fourth-order valence-corrected chi connectivity index (χ4v) is 6.17. The Balaban J connectivity index is 1.65. The molecule has 0 aliphatic carbocycles. The molecule has 37 heavy (non-hydrogen) atoms. The summed E-state index contributed by atoms with van der Waals surface area (Å²) in [5, 5.41) is 0.674. The van der Waals surface area contributed by atoms with Gasteiger partial charge in [0.2, 0.25) is 5.91 Å². The highest BCUT2D eigenvalue weighted by atomic mass is 32.2. The second-order valence-corrected chi connectivity index (χ2v) is 12.6. The average molecular weight is 521 g/mol. The van der Waals surface area contributed by atoms with Crippen LogP contribution in [0.3, 0.4) is 0 Å². The molecular weight excluding hydrogens is 489 g/mol. The molecule has 0 unspecified atom stereocenters. The van der Waals surface area contributed by atoms with Crippen molar-refractivity contribution in [3.05, 3.63) is 59.9 Å². The maximum absolute atomic E-state index is 13.9. The van der Waals surface area contributed by atoms with E-state index >= 15 is 0 Å². The van der Waals surface area contributed by atoms with Crippen LogP contribution >= 0.6 is 0 Å². The number of hydrogen-bond acceptors (Lipinski definition) is 6. The van der Waals surface area contributed by atoms with Crippen molar-refractivity contribution in [1.82, 2.24) is 13.9 Å². The van der Waals surface area contributed by atoms with Gasteiger partial charge in [-0.15, -0.1) is 0 Å². The number of benzene rings is 1. The lowest BCUT2D eigenvalue weighted by molar-refractivity contribution is -0.128. The van der Waals surface area contributed by atoms with Gasteiger partial charge in [0.1, 0.15) is 0 Å². The first-order valence-electron chi connectivity index (χ1n) is 12.4. The molecule has 2 aliphatic rings. The van der Waals surface area contributed by atoms with Gasteiger partial charge in [0.15, 0.2) is 5.65 Å². The topological polar surface area (TPSA) is 90.7 Å². The monoisotopic (exact) mass is 521 g/mol. The molecule has 0 N–H and O–H groups in total. The standard InChI is InChI=1S/C27H32BN3O5S/c1-18-7-9-23(10-8-18)37(33,34)31-24(20-11-13-30(14-12-20)19(2)32)16-21-15-22(17-29-25(21)31)28-35-26(3,4)27(5,6)36-28/h7-11,15-17H,12-14H2,1-6H3. The minimum atomic E-state index is -3.95. The number of amides is 1. The lowest BCUT2D eigenvalue weighted by Gasteiger charge is -2.32. The van der Waals surface area contributed by atoms with Gasteiger partial charge >= 0.3 is 7.12 Å². The largest absolute Gasteiger partial charge is 0.496 e. The first-order valence-corrected chi connectivity index (χ1v) is 13.9. The van der Waals surface area contributed by atoms with Crippen LogP contribution in [0.2, 0.25) is 0 Å². The summed E-state index contributed by atoms with van der Waals surface area (Å²) < 4.78 is 41.6. The van der Waals surface area contributed by atoms with Gasteiger partial charge in [-0.25, -0.2) is 17.4 Å². The second-order valence-electron chi connectivity index (χ2n) is 10.8. The molecule has 2 aliphatic heterocycles. The zero-order valence-electron chi connectivity index (χ0n) is 22.1. The summed E-state index contributed by atoms with van der Waals surface area (Å²) in [6.45, 7) is 12.4. The van der Waals surface area contributed by atoms with Gasteiger partial charge in [-0.2, -0.15) is 0 Å². The number of aryl methyl sites for hydroxylation is 1. The smallest absolute Gasteiger partial charge is 0.399 e. The van der Waals surface area contributed by atoms with Crippen molar-refractivity contribution < 1.29 is 22.5 Å². The molecule has 1 aromatic carbocycles. The van der Waals surface area contributed by atoms with Crippen LogP contribution in [-0.4, -0.2) is 59.6 Å². The van der Waals surface area contributed by atoms with Crippen molar-refractivity contribution in [3.63, 3.8) is 0 Å². The summed E-state index contributed by atoms with van der Waals surface area (Å²) in [6.07, 6.45) is 4.10. The maximum atomic E-state index is 13.9. The minimum Gasteiger partial charge on any atom is -0.399 e. The summed E-state index contributed by atoms with van der Waals surface area (Å²) in [5.41, 5.74) is 2.44. The Bertz CT molecular complexity index is 1510. The average Bonchev–Trinajstić information content (AvgIpc) is 3.33. The lowest BCUT2D eigenvalue weighted by atomic mass is 9.80. The van der Waals surface area contributed by atoms with E-state index in [1.165, 1.54) is 3.97 Å². The zero-order valence-corrected chi connectivity index (χ0v) is 22.9. The van der Waals surface area contributed by atoms with E-state index in [2.05, 4.69) is 4.98 Å². The number of carbonyl (C=O) groups is 1. The van der Waals surface area contributed by atoms with Crippen LogP contribution < -0.4 is 5.46 Å². The van der Waals surface area contributed by atoms with E-state index in [4.69, 9.17) is 9.31 Å². The van der Waals surface area contributed by atoms with Crippen molar-refractivity contribution >= 4 is 45.1 Å². The quantitative estimate of drug-likeness (QED) is 0.488. The van der Waals surface area contributed by atoms with E-state index in [1.54, 1.807) is 42.3 Å². The SMILES string of the molecule is CC(=O)N1CC=C(c2cc3cc(B4OC(C)(C)C(C)(C)O4)cnc3n2S(=O)(=O)c2ccc(C)cc2)CC1. The highest BCUT2D eigenvalue weighted by Gasteiger charge is 2.52. The third-order valence-electron chi connectivity index (χ3n) is 7.69. The molecule has 0 radical (unpaired) electrons. The molecule has 0 bridgehead atoms. The molecule has 3 aromatic rings. The van der Waals surface area contributed by atoms with Crippen molar-refractivity contribution in [1.29, 1.82) is 0 Å². The van der Waals surface area contributed by atoms with Gasteiger partial charge in [0, 0.05) is 37.1 Å². The number of aromatic nitrogens is 2. The Morgan fingerprint density at radius 3 is 2.27 bits per heavy atom. The lowest BCUT2D eigenvalue weighted by Crippen LogP contribution is -2.41. The van der Waals surface area contributed by atoms with Crippen LogP contribution in [-0.2, 0) is 24.1 Å². The number of carbonyl (C=O) groups excluding carboxylic acids is 1. The van der Waals surface area contributed by atoms with Gasteiger partial charge in [0.25, 0.3) is 10.0 Å². The van der Waals surface area contributed by atoms with Crippen molar-refractivity contribution in [3.8, 4) is 0 Å². The maximum Gasteiger partial charge on any atom is 0.496 e. The van der Waals surface area contributed by atoms with Crippen LogP contribution in [0.1, 0.15) is 52.3 Å². The molecule has 194 valence electrons. The van der Waals surface area contributed by atoms with Gasteiger partial charge < -0.3 is 14.2 Å². The minimum absolute atomic E-state index is 0.00292. The number of fused-ring (bicyclic) bond motifs is 1. The second kappa shape index (κ2) is 8.82. The number of pyridine rings is 1. The molecule has 1 fully saturated rings. The van der Waals surface area contributed by atoms with Gasteiger partial charge in [-0.05, 0) is 70.9 Å². The van der Waals surface area contributed by atoms with Gasteiger partial charge in [0.05, 0.1) is 21.8 Å². The third kappa shape index (κ3) is 4.41. The first-order chi connectivity index (χ1) is 17.3. The summed E-state index contributed by atoms with van der Waals surface area (Å²) >= 11 is 0. The van der Waals surface area contributed by atoms with E-state index in [0.717, 1.165) is 16.6 Å². The van der Waals surface area contributed by atoms with Crippen molar-refractivity contribution in [2.24, 2.45) is 0 Å². The van der Waals surface area contributed by atoms with E-state index in [9.17, 15) is 13.2 Å². The van der Waals surface area contributed by atoms with E-state index in [-0.39, 0.29) is 10.8 Å². The molecule has 2 aromatic heterocycles. The van der Waals surface area contributed by atoms with Crippen LogP contribution in [0.25, 0.3) is 16.6 Å². The number of rotatable bonds is 4. The Morgan fingerprint density at radius 2 is 1.70 bits per heavy atom. The number of nitrogens with zero attached hydrogens (tertiary/aromatic N) is 3. The molecule has 5 rings (SSSR count). The van der Waals surface area contributed by atoms with Crippen LogP contribution in [0, 0.1) is 6.92 Å². The molecule has 8 nitrogen and oxygen atoms in total. The van der Waals surface area contributed by atoms with Crippen LogP contribution in [0.5, 0.6) is 0 Å². The van der Waals surface area contributed by atoms with E-state index in [1.807, 2.05) is 52.8 Å². The Labute approximate surface area is 218 Å². The normalized spacial score (nSPS) is 19.4. The summed E-state index contributed by atoms with van der Waals surface area (Å²) in [6, 6.07) is 10.6. The molecular formula is C27H32BN3O5S. The highest BCUT2D eigenvalue weighted by molar-refractivity contribution is 7.90. The summed E-state index contributed by atoms with van der Waals surface area (Å²) in [7, 11) is -4.56. The number of hydrogen-bond donors (Lipinski definition) is 0. The molecule has 10 heteroatoms. The highest BCUT2D eigenvalue weighted by Crippen LogP contribution is 2.37. The van der Waals surface area contributed by atoms with Gasteiger partial charge in [-0.3, -0.25) is 4.79 Å². The summed E-state index contributed by atoms with van der Waals surface area (Å²) in [4.78, 5) is 18.4. The molecule has 0 saturated carbocycles. The molecule has 0 spiro atoms. The van der Waals surface area contributed by atoms with E-state index in [0.29, 0.717) is 36.2 Å². The predicted octanol–water partition coefficient (Wildman–Crippen LogP) is 3.52. The molecule has 4 heterocycles. The molecule has 0 atom stereocenters. The molecule has 1 saturated heterocycles. The van der Waals surface area contributed by atoms with E-state index < -0.39 is 28.3 Å². The Morgan fingerprint density at radius 1 is 1.05 bits per heavy atom. The van der Waals surface area contributed by atoms with Gasteiger partial charge in [-0.1, -0.05) is 23.8 Å². The Hall–Kier alpha value is -2.95. The summed E-state index contributed by atoms with van der Waals surface area (Å²) in [5.74, 6) is -0.00292. The predicted molar refractivity (Wildman–Crippen MR) is 144 cm³/mol. The first kappa shape index (κ1) is 25.7. The van der Waals surface area contributed by atoms with Crippen molar-refractivity contribution in [2.75, 3.05) is 13.1 Å². The van der Waals surface area contributed by atoms with Crippen LogP contribution in [0.15, 0.2) is 53.6 Å². The third-order valence-corrected chi connectivity index (χ3v) is 9.41. The molecule has 1 amide bonds. The van der Waals surface area contributed by atoms with Crippen molar-refractivity contribution in [2.45, 2.75) is 64.1 Å². The fourth-order valence-electron chi connectivity index (χ4n) is 4.67. The van der Waals surface area contributed by atoms with Crippen LogP contribution in [0.4, 0.5) is 0 Å². The fraction of sp³-hybridized carbons (Fsp3) is 0.407. The zero-order chi connectivity index (χ0) is 26.8. The Kier molecular flexibility index (Phi) is 6.12.